The summed E-state index contributed by atoms with van der Waals surface area (Å²) >= 11 is 0. The molecule has 0 heterocycles. The van der Waals surface area contributed by atoms with Crippen molar-refractivity contribution in [2.24, 2.45) is 0 Å². The fourth-order valence-electron chi connectivity index (χ4n) is 2.67. The summed E-state index contributed by atoms with van der Waals surface area (Å²) in [5.74, 6) is -0.184. The van der Waals surface area contributed by atoms with Crippen molar-refractivity contribution < 1.29 is 23.8 Å². The van der Waals surface area contributed by atoms with E-state index >= 15 is 0 Å². The zero-order valence-electron chi connectivity index (χ0n) is 16.6. The van der Waals surface area contributed by atoms with E-state index in [0.29, 0.717) is 23.6 Å². The molecule has 7 heteroatoms. The minimum atomic E-state index is -0.691. The number of carbonyl (C=O) groups excluding carboxylic acids is 2. The van der Waals surface area contributed by atoms with Crippen molar-refractivity contribution in [2.75, 3.05) is 25.1 Å². The second-order valence-corrected chi connectivity index (χ2v) is 6.29. The van der Waals surface area contributed by atoms with E-state index in [9.17, 15) is 9.59 Å². The zero-order valence-corrected chi connectivity index (χ0v) is 16.6. The number of amides is 1. The summed E-state index contributed by atoms with van der Waals surface area (Å²) in [5, 5.41) is 11.6. The van der Waals surface area contributed by atoms with Gasteiger partial charge in [-0.15, -0.1) is 0 Å². The lowest BCUT2D eigenvalue weighted by Crippen LogP contribution is -2.21. The van der Waals surface area contributed by atoms with E-state index in [1.54, 1.807) is 48.5 Å². The largest absolute Gasteiger partial charge is 0.490 e. The topological polar surface area (TPSA) is 97.7 Å². The first-order chi connectivity index (χ1) is 15.2. The molecule has 1 amide bonds. The predicted octanol–water partition coefficient (Wildman–Crippen LogP) is 3.81. The van der Waals surface area contributed by atoms with Crippen LogP contribution in [0.25, 0.3) is 0 Å². The molecule has 0 atom stereocenters. The van der Waals surface area contributed by atoms with E-state index in [1.165, 1.54) is 0 Å². The number of anilines is 1. The maximum absolute atomic E-state index is 12.4. The number of carbonyl (C=O) groups is 2. The van der Waals surface area contributed by atoms with Crippen molar-refractivity contribution in [3.8, 4) is 17.6 Å². The van der Waals surface area contributed by atoms with Crippen LogP contribution in [0.1, 0.15) is 15.9 Å². The Morgan fingerprint density at radius 2 is 1.52 bits per heavy atom. The van der Waals surface area contributed by atoms with Gasteiger partial charge in [0.1, 0.15) is 36.3 Å². The number of hydrogen-bond acceptors (Lipinski definition) is 6. The summed E-state index contributed by atoms with van der Waals surface area (Å²) in [4.78, 5) is 24.5. The summed E-state index contributed by atoms with van der Waals surface area (Å²) in [6.45, 7) is 0.0305. The van der Waals surface area contributed by atoms with Crippen molar-refractivity contribution in [1.82, 2.24) is 0 Å². The maximum Gasteiger partial charge on any atom is 0.342 e. The summed E-state index contributed by atoms with van der Waals surface area (Å²) < 4.78 is 16.3. The van der Waals surface area contributed by atoms with Gasteiger partial charge in [0.05, 0.1) is 11.3 Å². The normalized spacial score (nSPS) is 9.90. The van der Waals surface area contributed by atoms with Gasteiger partial charge in [-0.2, -0.15) is 5.26 Å². The Balaban J connectivity index is 1.51. The Bertz CT molecular complexity index is 1080. The molecule has 0 aliphatic carbocycles. The van der Waals surface area contributed by atoms with Gasteiger partial charge in [0, 0.05) is 0 Å². The number of para-hydroxylation sites is 3. The Morgan fingerprint density at radius 1 is 0.839 bits per heavy atom. The van der Waals surface area contributed by atoms with Crippen molar-refractivity contribution >= 4 is 17.6 Å². The highest BCUT2D eigenvalue weighted by atomic mass is 16.5. The lowest BCUT2D eigenvalue weighted by molar-refractivity contribution is -0.119. The van der Waals surface area contributed by atoms with Crippen molar-refractivity contribution in [3.05, 3.63) is 90.0 Å². The Morgan fingerprint density at radius 3 is 2.32 bits per heavy atom. The van der Waals surface area contributed by atoms with E-state index in [4.69, 9.17) is 19.5 Å². The van der Waals surface area contributed by atoms with Gasteiger partial charge in [-0.05, 0) is 36.4 Å². The minimum Gasteiger partial charge on any atom is -0.490 e. The Hall–Kier alpha value is -4.31. The van der Waals surface area contributed by atoms with Crippen LogP contribution in [0.3, 0.4) is 0 Å². The summed E-state index contributed by atoms with van der Waals surface area (Å²) in [5.41, 5.74) is 0.874. The van der Waals surface area contributed by atoms with Crippen molar-refractivity contribution in [2.45, 2.75) is 0 Å². The standard InChI is InChI=1S/C24H20N2O5/c25-16-18-8-4-6-12-21(18)26-23(27)17-31-24(28)20-11-5-7-13-22(20)30-15-14-29-19-9-2-1-3-10-19/h1-13H,14-15,17H2,(H,26,27). The number of hydrogen-bond donors (Lipinski definition) is 1. The molecule has 3 aromatic carbocycles. The quantitative estimate of drug-likeness (QED) is 0.421. The lowest BCUT2D eigenvalue weighted by atomic mass is 10.2. The van der Waals surface area contributed by atoms with Crippen molar-refractivity contribution in [1.29, 1.82) is 5.26 Å². The van der Waals surface area contributed by atoms with Crippen LogP contribution in [0.4, 0.5) is 5.69 Å². The minimum absolute atomic E-state index is 0.201. The highest BCUT2D eigenvalue weighted by molar-refractivity contribution is 5.97. The molecule has 0 spiro atoms. The third kappa shape index (κ3) is 6.34. The van der Waals surface area contributed by atoms with Crippen LogP contribution >= 0.6 is 0 Å². The molecule has 31 heavy (non-hydrogen) atoms. The van der Waals surface area contributed by atoms with E-state index in [-0.39, 0.29) is 12.2 Å². The molecule has 3 aromatic rings. The van der Waals surface area contributed by atoms with Crippen molar-refractivity contribution in [3.63, 3.8) is 0 Å². The van der Waals surface area contributed by atoms with Crippen LogP contribution in [0.5, 0.6) is 11.5 Å². The fraction of sp³-hybridized carbons (Fsp3) is 0.125. The number of nitrogens with one attached hydrogen (secondary N) is 1. The number of nitrogens with zero attached hydrogens (tertiary/aromatic N) is 1. The first-order valence-corrected chi connectivity index (χ1v) is 9.53. The molecule has 0 radical (unpaired) electrons. The van der Waals surface area contributed by atoms with Gasteiger partial charge < -0.3 is 19.5 Å². The Kier molecular flexibility index (Phi) is 7.61. The summed E-state index contributed by atoms with van der Waals surface area (Å²) in [7, 11) is 0. The zero-order chi connectivity index (χ0) is 21.9. The maximum atomic E-state index is 12.4. The Labute approximate surface area is 179 Å². The molecule has 0 unspecified atom stereocenters. The molecular weight excluding hydrogens is 396 g/mol. The van der Waals surface area contributed by atoms with Crippen LogP contribution in [0.2, 0.25) is 0 Å². The molecule has 3 rings (SSSR count). The van der Waals surface area contributed by atoms with E-state index in [0.717, 1.165) is 5.75 Å². The average Bonchev–Trinajstić information content (AvgIpc) is 2.81. The van der Waals surface area contributed by atoms with Crippen LogP contribution < -0.4 is 14.8 Å². The van der Waals surface area contributed by atoms with Crippen LogP contribution in [-0.4, -0.2) is 31.7 Å². The number of esters is 1. The lowest BCUT2D eigenvalue weighted by Gasteiger charge is -2.12. The molecule has 7 nitrogen and oxygen atoms in total. The number of ether oxygens (including phenoxy) is 3. The van der Waals surface area contributed by atoms with E-state index < -0.39 is 18.5 Å². The molecule has 0 fully saturated rings. The predicted molar refractivity (Wildman–Crippen MR) is 114 cm³/mol. The summed E-state index contributed by atoms with van der Waals surface area (Å²) in [6.07, 6.45) is 0. The third-order valence-electron chi connectivity index (χ3n) is 4.12. The molecule has 0 saturated heterocycles. The first kappa shape index (κ1) is 21.4. The SMILES string of the molecule is N#Cc1ccccc1NC(=O)COC(=O)c1ccccc1OCCOc1ccccc1. The molecule has 156 valence electrons. The molecule has 1 N–H and O–H groups in total. The van der Waals surface area contributed by atoms with Gasteiger partial charge in [-0.3, -0.25) is 4.79 Å². The molecular formula is C24H20N2O5. The van der Waals surface area contributed by atoms with E-state index in [1.807, 2.05) is 36.4 Å². The highest BCUT2D eigenvalue weighted by Gasteiger charge is 2.16. The number of nitriles is 1. The highest BCUT2D eigenvalue weighted by Crippen LogP contribution is 2.19. The second kappa shape index (κ2) is 11.0. The number of benzene rings is 3. The molecule has 0 aliphatic heterocycles. The first-order valence-electron chi connectivity index (χ1n) is 9.53. The smallest absolute Gasteiger partial charge is 0.342 e. The van der Waals surface area contributed by atoms with Gasteiger partial charge in [0.2, 0.25) is 0 Å². The van der Waals surface area contributed by atoms with Gasteiger partial charge in [0.25, 0.3) is 5.91 Å². The molecule has 0 aliphatic rings. The van der Waals surface area contributed by atoms with Gasteiger partial charge in [0.15, 0.2) is 6.61 Å². The second-order valence-electron chi connectivity index (χ2n) is 6.29. The average molecular weight is 416 g/mol. The van der Waals surface area contributed by atoms with Crippen LogP contribution in [0.15, 0.2) is 78.9 Å². The van der Waals surface area contributed by atoms with E-state index in [2.05, 4.69) is 5.32 Å². The van der Waals surface area contributed by atoms with Gasteiger partial charge in [-0.25, -0.2) is 4.79 Å². The van der Waals surface area contributed by atoms with Gasteiger partial charge in [-0.1, -0.05) is 42.5 Å². The molecule has 0 saturated carbocycles. The monoisotopic (exact) mass is 416 g/mol. The fourth-order valence-corrected chi connectivity index (χ4v) is 2.67. The molecule has 0 bridgehead atoms. The van der Waals surface area contributed by atoms with Crippen LogP contribution in [-0.2, 0) is 9.53 Å². The third-order valence-corrected chi connectivity index (χ3v) is 4.12. The summed E-state index contributed by atoms with van der Waals surface area (Å²) in [6, 6.07) is 24.5. The molecule has 0 aromatic heterocycles. The van der Waals surface area contributed by atoms with Gasteiger partial charge >= 0.3 is 5.97 Å². The number of rotatable bonds is 9. The van der Waals surface area contributed by atoms with Crippen LogP contribution in [0, 0.1) is 11.3 Å².